The largest absolute Gasteiger partial charge is 0.353 e. The fraction of sp³-hybridized carbons (Fsp3) is 0.500. The van der Waals surface area contributed by atoms with Crippen LogP contribution in [0.4, 0.5) is 0 Å². The molecule has 0 bridgehead atoms. The van der Waals surface area contributed by atoms with Gasteiger partial charge in [0.05, 0.1) is 0 Å². The Kier molecular flexibility index (Phi) is 6.65. The summed E-state index contributed by atoms with van der Waals surface area (Å²) in [5.74, 6) is 5.46. The molecule has 0 fully saturated rings. The maximum Gasteiger partial charge on any atom is 0.122 e. The summed E-state index contributed by atoms with van der Waals surface area (Å²) in [6.45, 7) is 3.94. The van der Waals surface area contributed by atoms with Gasteiger partial charge in [-0.25, -0.2) is 0 Å². The third-order valence-electron chi connectivity index (χ3n) is 0.501. The van der Waals surface area contributed by atoms with Gasteiger partial charge in [-0.1, -0.05) is 17.5 Å². The van der Waals surface area contributed by atoms with Crippen molar-refractivity contribution < 1.29 is 4.74 Å². The Bertz CT molecular complexity index is 90.4. The predicted octanol–water partition coefficient (Wildman–Crippen LogP) is 1.43. The zero-order valence-electron chi connectivity index (χ0n) is 4.61. The van der Waals surface area contributed by atoms with Crippen molar-refractivity contribution in [1.82, 2.24) is 0 Å². The van der Waals surface area contributed by atoms with Crippen LogP contribution in [0.15, 0.2) is 0 Å². The van der Waals surface area contributed by atoms with E-state index < -0.39 is 0 Å². The second-order valence-electron chi connectivity index (χ2n) is 1.06. The monoisotopic (exact) mass is 131 g/mol. The minimum absolute atomic E-state index is 0.214. The van der Waals surface area contributed by atoms with Crippen molar-refractivity contribution in [2.45, 2.75) is 6.42 Å². The molecule has 0 N–H and O–H groups in total. The highest BCUT2D eigenvalue weighted by molar-refractivity contribution is 6.17. The first kappa shape index (κ1) is 7.81. The fourth-order valence-corrected chi connectivity index (χ4v) is 0.306. The lowest BCUT2D eigenvalue weighted by molar-refractivity contribution is 0.218. The van der Waals surface area contributed by atoms with Crippen molar-refractivity contribution >= 4 is 11.6 Å². The summed E-state index contributed by atoms with van der Waals surface area (Å²) in [6, 6.07) is 0.214. The van der Waals surface area contributed by atoms with E-state index in [1.165, 1.54) is 0 Å². The molecule has 8 heavy (non-hydrogen) atoms. The van der Waals surface area contributed by atoms with Crippen molar-refractivity contribution in [3.8, 4) is 11.8 Å². The molecule has 0 aliphatic rings. The van der Waals surface area contributed by atoms with Crippen LogP contribution in [0.2, 0.25) is 0 Å². The first-order valence-electron chi connectivity index (χ1n) is 2.30. The lowest BCUT2D eigenvalue weighted by Crippen LogP contribution is -1.85. The molecule has 0 aromatic carbocycles. The Balaban J connectivity index is 2.90. The molecule has 0 unspecified atom stereocenters. The van der Waals surface area contributed by atoms with Crippen LogP contribution in [-0.2, 0) is 4.74 Å². The topological polar surface area (TPSA) is 9.23 Å². The average molecular weight is 132 g/mol. The van der Waals surface area contributed by atoms with Crippen molar-refractivity contribution in [1.29, 1.82) is 0 Å². The zero-order valence-corrected chi connectivity index (χ0v) is 5.37. The zero-order chi connectivity index (χ0) is 6.24. The lowest BCUT2D eigenvalue weighted by Gasteiger charge is -1.85. The predicted molar refractivity (Wildman–Crippen MR) is 34.4 cm³/mol. The molecule has 0 rings (SSSR count). The molecule has 0 aromatic rings. The van der Waals surface area contributed by atoms with E-state index in [1.807, 2.05) is 0 Å². The van der Waals surface area contributed by atoms with Gasteiger partial charge in [-0.3, -0.25) is 0 Å². The molecule has 45 valence electrons. The van der Waals surface area contributed by atoms with E-state index in [2.05, 4.69) is 18.8 Å². The second-order valence-corrected chi connectivity index (χ2v) is 1.28. The van der Waals surface area contributed by atoms with Crippen LogP contribution in [0.1, 0.15) is 6.42 Å². The normalized spacial score (nSPS) is 7.75. The van der Waals surface area contributed by atoms with Crippen LogP contribution in [0.5, 0.6) is 0 Å². The van der Waals surface area contributed by atoms with Crippen molar-refractivity contribution in [2.75, 3.05) is 12.7 Å². The fourth-order valence-electron chi connectivity index (χ4n) is 0.229. The van der Waals surface area contributed by atoms with Crippen molar-refractivity contribution in [2.24, 2.45) is 0 Å². The van der Waals surface area contributed by atoms with Gasteiger partial charge in [-0.2, -0.15) is 0 Å². The van der Waals surface area contributed by atoms with Gasteiger partial charge >= 0.3 is 0 Å². The van der Waals surface area contributed by atoms with Crippen molar-refractivity contribution in [3.05, 3.63) is 6.92 Å². The molecule has 0 saturated carbocycles. The third kappa shape index (κ3) is 5.81. The van der Waals surface area contributed by atoms with Gasteiger partial charge in [0.1, 0.15) is 12.7 Å². The van der Waals surface area contributed by atoms with Gasteiger partial charge in [0.15, 0.2) is 0 Å². The Morgan fingerprint density at radius 2 is 2.25 bits per heavy atom. The van der Waals surface area contributed by atoms with Crippen LogP contribution >= 0.6 is 11.6 Å². The molecular weight excluding hydrogens is 124 g/mol. The smallest absolute Gasteiger partial charge is 0.122 e. The van der Waals surface area contributed by atoms with Crippen molar-refractivity contribution in [3.63, 3.8) is 0 Å². The summed E-state index contributed by atoms with van der Waals surface area (Å²) in [5.41, 5.74) is 0. The van der Waals surface area contributed by atoms with Crippen LogP contribution < -0.4 is 0 Å². The lowest BCUT2D eigenvalue weighted by atomic mass is 10.5. The number of halogens is 1. The van der Waals surface area contributed by atoms with E-state index >= 15 is 0 Å². The molecule has 0 saturated heterocycles. The number of rotatable bonds is 2. The molecule has 0 heterocycles. The summed E-state index contributed by atoms with van der Waals surface area (Å²) in [6.07, 6.45) is 0.631. The Hall–Kier alpha value is -0.190. The van der Waals surface area contributed by atoms with Crippen LogP contribution in [0, 0.1) is 18.8 Å². The molecule has 0 aliphatic heterocycles. The summed E-state index contributed by atoms with van der Waals surface area (Å²) >= 11 is 5.17. The average Bonchev–Trinajstić information content (AvgIpc) is 1.81. The molecule has 0 aliphatic carbocycles. The standard InChI is InChI=1S/C6H8ClO/c1-2-3-4-5-8-6-7/h1-2,5-6H2. The summed E-state index contributed by atoms with van der Waals surface area (Å²) in [7, 11) is 0. The van der Waals surface area contributed by atoms with E-state index in [0.29, 0.717) is 13.0 Å². The summed E-state index contributed by atoms with van der Waals surface area (Å²) in [4.78, 5) is 0. The Labute approximate surface area is 55.0 Å². The first-order chi connectivity index (χ1) is 3.91. The number of hydrogen-bond acceptors (Lipinski definition) is 1. The number of ether oxygens (including phenoxy) is 1. The van der Waals surface area contributed by atoms with Crippen LogP contribution in [0.25, 0.3) is 0 Å². The number of hydrogen-bond donors (Lipinski definition) is 0. The first-order valence-corrected chi connectivity index (χ1v) is 2.84. The van der Waals surface area contributed by atoms with Gasteiger partial charge < -0.3 is 4.74 Å². The summed E-state index contributed by atoms with van der Waals surface area (Å²) in [5, 5.41) is 0. The quantitative estimate of drug-likeness (QED) is 0.313. The molecule has 0 spiro atoms. The highest BCUT2D eigenvalue weighted by Crippen LogP contribution is 1.76. The van der Waals surface area contributed by atoms with E-state index in [1.54, 1.807) is 0 Å². The van der Waals surface area contributed by atoms with Crippen LogP contribution in [0.3, 0.4) is 0 Å². The van der Waals surface area contributed by atoms with Crippen LogP contribution in [-0.4, -0.2) is 12.7 Å². The van der Waals surface area contributed by atoms with Gasteiger partial charge in [0.2, 0.25) is 0 Å². The Morgan fingerprint density at radius 3 is 2.75 bits per heavy atom. The highest BCUT2D eigenvalue weighted by Gasteiger charge is 1.72. The maximum atomic E-state index is 5.17. The van der Waals surface area contributed by atoms with Gasteiger partial charge in [0.25, 0.3) is 0 Å². The van der Waals surface area contributed by atoms with E-state index in [-0.39, 0.29) is 6.07 Å². The maximum absolute atomic E-state index is 5.17. The van der Waals surface area contributed by atoms with Gasteiger partial charge in [-0.15, -0.1) is 5.92 Å². The van der Waals surface area contributed by atoms with E-state index in [4.69, 9.17) is 16.3 Å². The van der Waals surface area contributed by atoms with E-state index in [0.717, 1.165) is 0 Å². The van der Waals surface area contributed by atoms with Gasteiger partial charge in [0, 0.05) is 6.42 Å². The highest BCUT2D eigenvalue weighted by atomic mass is 35.5. The molecule has 1 nitrogen and oxygen atoms in total. The minimum Gasteiger partial charge on any atom is -0.353 e. The SMILES string of the molecule is [CH2]CC#CCOCCl. The number of alkyl halides is 1. The molecule has 1 radical (unpaired) electrons. The second kappa shape index (κ2) is 6.81. The molecule has 2 heteroatoms. The Morgan fingerprint density at radius 1 is 1.50 bits per heavy atom. The molecule has 0 amide bonds. The molecular formula is C6H8ClO. The minimum atomic E-state index is 0.214. The summed E-state index contributed by atoms with van der Waals surface area (Å²) < 4.78 is 4.70. The van der Waals surface area contributed by atoms with Gasteiger partial charge in [-0.05, 0) is 6.92 Å². The van der Waals surface area contributed by atoms with E-state index in [9.17, 15) is 0 Å². The third-order valence-corrected chi connectivity index (χ3v) is 0.656. The molecule has 0 atom stereocenters. The molecule has 0 aromatic heterocycles.